The summed E-state index contributed by atoms with van der Waals surface area (Å²) in [6, 6.07) is 1.90. The lowest BCUT2D eigenvalue weighted by molar-refractivity contribution is -0.115. The highest BCUT2D eigenvalue weighted by molar-refractivity contribution is 9.11. The first kappa shape index (κ1) is 20.2. The molecule has 0 fully saturated rings. The van der Waals surface area contributed by atoms with Gasteiger partial charge in [0.2, 0.25) is 12.5 Å². The highest BCUT2D eigenvalue weighted by Gasteiger charge is 2.41. The number of benzene rings is 1. The summed E-state index contributed by atoms with van der Waals surface area (Å²) in [5, 5.41) is 11.8. The Morgan fingerprint density at radius 2 is 2.17 bits per heavy atom. The molecule has 29 heavy (non-hydrogen) atoms. The van der Waals surface area contributed by atoms with Crippen molar-refractivity contribution in [2.45, 2.75) is 13.0 Å². The zero-order valence-electron chi connectivity index (χ0n) is 15.3. The van der Waals surface area contributed by atoms with Gasteiger partial charge in [-0.15, -0.1) is 0 Å². The van der Waals surface area contributed by atoms with Crippen LogP contribution in [-0.2, 0) is 9.63 Å². The van der Waals surface area contributed by atoms with Crippen molar-refractivity contribution in [3.05, 3.63) is 36.9 Å². The molecule has 8 nitrogen and oxygen atoms in total. The topological polar surface area (TPSA) is 90.7 Å². The van der Waals surface area contributed by atoms with E-state index in [-0.39, 0.29) is 18.4 Å². The Labute approximate surface area is 187 Å². The number of fused-ring (bicyclic) bond motifs is 1. The first-order valence-corrected chi connectivity index (χ1v) is 11.0. The van der Waals surface area contributed by atoms with Gasteiger partial charge in [-0.3, -0.25) is 4.79 Å². The third-order valence-corrected chi connectivity index (χ3v) is 6.76. The fraction of sp³-hybridized carbons (Fsp3) is 0.278. The average molecular weight is 545 g/mol. The fourth-order valence-electron chi connectivity index (χ4n) is 3.04. The number of nitrogens with one attached hydrogen (secondary N) is 1. The van der Waals surface area contributed by atoms with E-state index in [4.69, 9.17) is 19.0 Å². The molecule has 0 saturated carbocycles. The summed E-state index contributed by atoms with van der Waals surface area (Å²) in [4.78, 5) is 18.1. The largest absolute Gasteiger partial charge is 0.492 e. The zero-order valence-corrected chi connectivity index (χ0v) is 19.3. The number of rotatable bonds is 5. The minimum Gasteiger partial charge on any atom is -0.492 e. The van der Waals surface area contributed by atoms with E-state index in [1.807, 2.05) is 23.8 Å². The van der Waals surface area contributed by atoms with E-state index in [1.54, 1.807) is 24.7 Å². The Morgan fingerprint density at radius 3 is 2.90 bits per heavy atom. The summed E-state index contributed by atoms with van der Waals surface area (Å²) >= 11 is 8.67. The van der Waals surface area contributed by atoms with Crippen molar-refractivity contribution in [3.63, 3.8) is 0 Å². The minimum atomic E-state index is -0.538. The number of carbonyl (C=O) groups excluding carboxylic acids is 1. The molecule has 152 valence electrons. The Balaban J connectivity index is 1.56. The van der Waals surface area contributed by atoms with Crippen LogP contribution < -0.4 is 19.6 Å². The number of hydrazone groups is 1. The number of ether oxygens (including phenoxy) is 3. The molecule has 0 spiro atoms. The van der Waals surface area contributed by atoms with Gasteiger partial charge < -0.3 is 19.0 Å². The first-order valence-electron chi connectivity index (χ1n) is 8.46. The van der Waals surface area contributed by atoms with Crippen molar-refractivity contribution in [2.24, 2.45) is 16.2 Å². The number of hydrogen-bond acceptors (Lipinski definition) is 8. The van der Waals surface area contributed by atoms with Gasteiger partial charge in [-0.2, -0.15) is 16.4 Å². The predicted octanol–water partition coefficient (Wildman–Crippen LogP) is 4.22. The molecule has 1 amide bonds. The molecule has 1 aromatic heterocycles. The summed E-state index contributed by atoms with van der Waals surface area (Å²) in [7, 11) is 1.54. The van der Waals surface area contributed by atoms with Gasteiger partial charge in [0.05, 0.1) is 28.2 Å². The number of carbonyl (C=O) groups is 1. The van der Waals surface area contributed by atoms with E-state index < -0.39 is 12.0 Å². The molecule has 4 rings (SSSR count). The van der Waals surface area contributed by atoms with Crippen molar-refractivity contribution in [2.75, 3.05) is 13.9 Å². The second-order valence-corrected chi connectivity index (χ2v) is 8.55. The van der Waals surface area contributed by atoms with E-state index in [1.165, 1.54) is 0 Å². The predicted molar refractivity (Wildman–Crippen MR) is 115 cm³/mol. The number of oxime groups is 1. The van der Waals surface area contributed by atoms with Gasteiger partial charge in [-0.05, 0) is 48.7 Å². The number of methoxy groups -OCH3 is 1. The van der Waals surface area contributed by atoms with Gasteiger partial charge in [-0.1, -0.05) is 12.1 Å². The highest BCUT2D eigenvalue weighted by Crippen LogP contribution is 2.55. The smallest absolute Gasteiger partial charge is 0.289 e. The summed E-state index contributed by atoms with van der Waals surface area (Å²) in [6.45, 7) is 1.95. The van der Waals surface area contributed by atoms with Gasteiger partial charge in [0.1, 0.15) is 0 Å². The molecular formula is C18H15Br2N3O5S. The normalized spacial score (nSPS) is 19.9. The highest BCUT2D eigenvalue weighted by atomic mass is 79.9. The molecule has 0 aliphatic carbocycles. The van der Waals surface area contributed by atoms with Crippen molar-refractivity contribution in [3.8, 4) is 17.2 Å². The Kier molecular flexibility index (Phi) is 5.79. The third-order valence-electron chi connectivity index (χ3n) is 4.48. The quantitative estimate of drug-likeness (QED) is 0.449. The SMILES string of the molecule is COc1c(Br)c(C2ON=C(C(=O)NN=Cc3ccsc3)C2C)c(Br)c2c1OCO2. The van der Waals surface area contributed by atoms with Crippen molar-refractivity contribution in [1.82, 2.24) is 5.43 Å². The molecule has 2 aromatic rings. The number of halogens is 2. The van der Waals surface area contributed by atoms with E-state index in [9.17, 15) is 4.79 Å². The first-order chi connectivity index (χ1) is 14.0. The van der Waals surface area contributed by atoms with Crippen LogP contribution in [0.5, 0.6) is 17.2 Å². The number of nitrogens with zero attached hydrogens (tertiary/aromatic N) is 2. The summed E-state index contributed by atoms with van der Waals surface area (Å²) in [5.41, 5.74) is 4.36. The molecule has 1 aromatic carbocycles. The number of amides is 1. The molecule has 2 unspecified atom stereocenters. The molecule has 2 aliphatic heterocycles. The molecule has 3 heterocycles. The van der Waals surface area contributed by atoms with E-state index in [2.05, 4.69) is 47.5 Å². The summed E-state index contributed by atoms with van der Waals surface area (Å²) in [6.07, 6.45) is 1.03. The van der Waals surface area contributed by atoms with Gasteiger partial charge in [0.25, 0.3) is 5.91 Å². The molecule has 0 saturated heterocycles. The summed E-state index contributed by atoms with van der Waals surface area (Å²) < 4.78 is 17.8. The molecule has 0 bridgehead atoms. The van der Waals surface area contributed by atoms with E-state index >= 15 is 0 Å². The van der Waals surface area contributed by atoms with Crippen LogP contribution in [-0.4, -0.2) is 31.7 Å². The van der Waals surface area contributed by atoms with E-state index in [0.717, 1.165) is 5.56 Å². The van der Waals surface area contributed by atoms with Crippen molar-refractivity contribution < 1.29 is 23.8 Å². The lowest BCUT2D eigenvalue weighted by atomic mass is 9.93. The monoisotopic (exact) mass is 543 g/mol. The molecule has 1 N–H and O–H groups in total. The van der Waals surface area contributed by atoms with Gasteiger partial charge in [-0.25, -0.2) is 5.43 Å². The number of hydrogen-bond donors (Lipinski definition) is 1. The van der Waals surface area contributed by atoms with Gasteiger partial charge in [0, 0.05) is 11.1 Å². The number of thiophene rings is 1. The van der Waals surface area contributed by atoms with E-state index in [0.29, 0.717) is 31.8 Å². The maximum Gasteiger partial charge on any atom is 0.289 e. The van der Waals surface area contributed by atoms with Crippen LogP contribution in [0.3, 0.4) is 0 Å². The molecule has 2 aliphatic rings. The maximum absolute atomic E-state index is 12.5. The molecule has 0 radical (unpaired) electrons. The molecule has 2 atom stereocenters. The lowest BCUT2D eigenvalue weighted by Crippen LogP contribution is -2.31. The fourth-order valence-corrected chi connectivity index (χ4v) is 5.40. The van der Waals surface area contributed by atoms with Crippen LogP contribution in [0, 0.1) is 5.92 Å². The standard InChI is InChI=1S/C18H15Br2N3O5S/c1-8-13(18(24)22-21-5-9-3-4-29-6-9)23-28-14(8)10-11(19)15(25-2)17-16(12(10)20)26-7-27-17/h3-6,8,14H,7H2,1-2H3,(H,22,24). The lowest BCUT2D eigenvalue weighted by Gasteiger charge is -2.20. The van der Waals surface area contributed by atoms with Crippen molar-refractivity contribution >= 4 is 61.0 Å². The summed E-state index contributed by atoms with van der Waals surface area (Å²) in [5.74, 6) is 0.747. The maximum atomic E-state index is 12.5. The minimum absolute atomic E-state index is 0.0908. The van der Waals surface area contributed by atoms with Crippen LogP contribution in [0.25, 0.3) is 0 Å². The zero-order chi connectivity index (χ0) is 20.5. The van der Waals surface area contributed by atoms with Gasteiger partial charge in [0.15, 0.2) is 23.3 Å². The Bertz CT molecular complexity index is 1010. The van der Waals surface area contributed by atoms with Crippen LogP contribution >= 0.6 is 43.2 Å². The van der Waals surface area contributed by atoms with Gasteiger partial charge >= 0.3 is 0 Å². The Hall–Kier alpha value is -2.11. The third kappa shape index (κ3) is 3.62. The van der Waals surface area contributed by atoms with Crippen LogP contribution in [0.15, 0.2) is 36.0 Å². The second-order valence-electron chi connectivity index (χ2n) is 6.19. The average Bonchev–Trinajstić information content (AvgIpc) is 3.44. The van der Waals surface area contributed by atoms with Crippen LogP contribution in [0.2, 0.25) is 0 Å². The molecule has 11 heteroatoms. The van der Waals surface area contributed by atoms with Crippen LogP contribution in [0.1, 0.15) is 24.2 Å². The second kappa shape index (κ2) is 8.33. The molecular weight excluding hydrogens is 530 g/mol. The van der Waals surface area contributed by atoms with Crippen molar-refractivity contribution in [1.29, 1.82) is 0 Å². The Morgan fingerprint density at radius 1 is 1.38 bits per heavy atom. The van der Waals surface area contributed by atoms with Crippen LogP contribution in [0.4, 0.5) is 0 Å².